The normalized spacial score (nSPS) is 23.0. The standard InChI is InChI=1S/C24H37N3O2/c1-23(2,3)25-21(28)12-17-26-18-14-24(19-26)13-8-16-27(22(24)29)15-7-11-20-9-5-4-6-10-20/h4-6,9-10H,7-8,11-19H2,1-3H3,(H,25,28)/t24-/m1/s1. The second-order valence-corrected chi connectivity index (χ2v) is 9.84. The summed E-state index contributed by atoms with van der Waals surface area (Å²) in [5.74, 6) is 0.439. The van der Waals surface area contributed by atoms with Crippen LogP contribution in [0.1, 0.15) is 58.4 Å². The van der Waals surface area contributed by atoms with Crippen LogP contribution in [0.5, 0.6) is 0 Å². The summed E-state index contributed by atoms with van der Waals surface area (Å²) in [5.41, 5.74) is 0.932. The number of nitrogens with zero attached hydrogens (tertiary/aromatic N) is 2. The van der Waals surface area contributed by atoms with Crippen molar-refractivity contribution in [3.8, 4) is 0 Å². The Morgan fingerprint density at radius 1 is 1.10 bits per heavy atom. The maximum absolute atomic E-state index is 13.3. The van der Waals surface area contributed by atoms with Gasteiger partial charge in [0.1, 0.15) is 0 Å². The number of carbonyl (C=O) groups is 2. The predicted molar refractivity (Wildman–Crippen MR) is 117 cm³/mol. The zero-order valence-corrected chi connectivity index (χ0v) is 18.4. The zero-order valence-electron chi connectivity index (χ0n) is 18.4. The number of likely N-dealkylation sites (tertiary alicyclic amines) is 2. The van der Waals surface area contributed by atoms with E-state index in [2.05, 4.69) is 39.4 Å². The van der Waals surface area contributed by atoms with Crippen LogP contribution in [0.2, 0.25) is 0 Å². The van der Waals surface area contributed by atoms with Crippen LogP contribution >= 0.6 is 0 Å². The van der Waals surface area contributed by atoms with E-state index in [4.69, 9.17) is 0 Å². The van der Waals surface area contributed by atoms with Gasteiger partial charge in [-0.05, 0) is 65.0 Å². The van der Waals surface area contributed by atoms with Crippen LogP contribution in [-0.4, -0.2) is 59.9 Å². The molecular weight excluding hydrogens is 362 g/mol. The third-order valence-electron chi connectivity index (χ3n) is 6.16. The van der Waals surface area contributed by atoms with Crippen molar-refractivity contribution in [3.63, 3.8) is 0 Å². The van der Waals surface area contributed by atoms with E-state index in [1.165, 1.54) is 5.56 Å². The predicted octanol–water partition coefficient (Wildman–Crippen LogP) is 3.24. The first-order valence-electron chi connectivity index (χ1n) is 11.1. The second kappa shape index (κ2) is 9.29. The summed E-state index contributed by atoms with van der Waals surface area (Å²) in [5, 5.41) is 3.03. The van der Waals surface area contributed by atoms with Crippen LogP contribution in [0.3, 0.4) is 0 Å². The summed E-state index contributed by atoms with van der Waals surface area (Å²) in [6.45, 7) is 10.2. The molecule has 5 heteroatoms. The number of nitrogens with one attached hydrogen (secondary N) is 1. The van der Waals surface area contributed by atoms with Gasteiger partial charge in [-0.1, -0.05) is 30.3 Å². The van der Waals surface area contributed by atoms with Gasteiger partial charge in [0.2, 0.25) is 11.8 Å². The molecule has 2 fully saturated rings. The second-order valence-electron chi connectivity index (χ2n) is 9.84. The summed E-state index contributed by atoms with van der Waals surface area (Å²) < 4.78 is 0. The molecule has 29 heavy (non-hydrogen) atoms. The van der Waals surface area contributed by atoms with Crippen LogP contribution in [0, 0.1) is 5.41 Å². The molecule has 2 heterocycles. The molecule has 2 aliphatic heterocycles. The highest BCUT2D eigenvalue weighted by Crippen LogP contribution is 2.40. The van der Waals surface area contributed by atoms with Gasteiger partial charge in [-0.25, -0.2) is 0 Å². The molecule has 1 atom stereocenters. The Hall–Kier alpha value is -1.88. The molecule has 0 aromatic heterocycles. The van der Waals surface area contributed by atoms with Crippen molar-refractivity contribution in [2.45, 2.75) is 64.8 Å². The van der Waals surface area contributed by atoms with E-state index < -0.39 is 0 Å². The van der Waals surface area contributed by atoms with Gasteiger partial charge < -0.3 is 15.1 Å². The van der Waals surface area contributed by atoms with Gasteiger partial charge in [0.05, 0.1) is 5.41 Å². The maximum Gasteiger partial charge on any atom is 0.230 e. The number of carbonyl (C=O) groups excluding carboxylic acids is 2. The molecule has 1 N–H and O–H groups in total. The van der Waals surface area contributed by atoms with Crippen LogP contribution in [0.15, 0.2) is 30.3 Å². The van der Waals surface area contributed by atoms with E-state index >= 15 is 0 Å². The van der Waals surface area contributed by atoms with Crippen molar-refractivity contribution in [3.05, 3.63) is 35.9 Å². The minimum absolute atomic E-state index is 0.0935. The number of rotatable bonds is 7. The van der Waals surface area contributed by atoms with Gasteiger partial charge in [-0.15, -0.1) is 0 Å². The van der Waals surface area contributed by atoms with Crippen LogP contribution in [0.25, 0.3) is 0 Å². The number of aryl methyl sites for hydroxylation is 1. The largest absolute Gasteiger partial charge is 0.351 e. The van der Waals surface area contributed by atoms with Crippen molar-refractivity contribution < 1.29 is 9.59 Å². The van der Waals surface area contributed by atoms with Crippen molar-refractivity contribution in [1.29, 1.82) is 0 Å². The third kappa shape index (κ3) is 6.05. The third-order valence-corrected chi connectivity index (χ3v) is 6.16. The topological polar surface area (TPSA) is 52.7 Å². The van der Waals surface area contributed by atoms with Crippen molar-refractivity contribution in [2.75, 3.05) is 32.7 Å². The highest BCUT2D eigenvalue weighted by atomic mass is 16.2. The molecule has 0 saturated carbocycles. The lowest BCUT2D eigenvalue weighted by Gasteiger charge is -2.39. The van der Waals surface area contributed by atoms with Gasteiger partial charge in [0, 0.05) is 38.1 Å². The molecule has 0 bridgehead atoms. The lowest BCUT2D eigenvalue weighted by Crippen LogP contribution is -2.50. The number of piperidine rings is 1. The Balaban J connectivity index is 1.47. The molecule has 160 valence electrons. The molecule has 2 saturated heterocycles. The van der Waals surface area contributed by atoms with Crippen molar-refractivity contribution in [1.82, 2.24) is 15.1 Å². The molecule has 2 aliphatic rings. The van der Waals surface area contributed by atoms with E-state index in [1.807, 2.05) is 26.8 Å². The molecule has 3 rings (SSSR count). The Kier molecular flexibility index (Phi) is 6.99. The van der Waals surface area contributed by atoms with Crippen molar-refractivity contribution in [2.24, 2.45) is 5.41 Å². The Labute approximate surface area is 175 Å². The first-order chi connectivity index (χ1) is 13.8. The van der Waals surface area contributed by atoms with E-state index in [-0.39, 0.29) is 16.9 Å². The quantitative estimate of drug-likeness (QED) is 0.766. The average Bonchev–Trinajstić information content (AvgIpc) is 3.07. The first kappa shape index (κ1) is 21.8. The smallest absolute Gasteiger partial charge is 0.230 e. The SMILES string of the molecule is CC(C)(C)NC(=O)CCN1CC[C@]2(CCCN(CCCc3ccccc3)C2=O)C1. The monoisotopic (exact) mass is 399 g/mol. The molecule has 2 amide bonds. The van der Waals surface area contributed by atoms with Crippen LogP contribution < -0.4 is 5.32 Å². The number of benzene rings is 1. The fourth-order valence-corrected chi connectivity index (χ4v) is 4.75. The molecule has 1 spiro atoms. The molecule has 5 nitrogen and oxygen atoms in total. The maximum atomic E-state index is 13.3. The minimum Gasteiger partial charge on any atom is -0.351 e. The lowest BCUT2D eigenvalue weighted by atomic mass is 9.78. The molecule has 0 aliphatic carbocycles. The summed E-state index contributed by atoms with van der Waals surface area (Å²) >= 11 is 0. The number of hydrogen-bond donors (Lipinski definition) is 1. The number of hydrogen-bond acceptors (Lipinski definition) is 3. The van der Waals surface area contributed by atoms with Gasteiger partial charge in [0.25, 0.3) is 0 Å². The highest BCUT2D eigenvalue weighted by molar-refractivity contribution is 5.84. The molecule has 0 radical (unpaired) electrons. The van der Waals surface area contributed by atoms with E-state index in [1.54, 1.807) is 0 Å². The Morgan fingerprint density at radius 3 is 2.59 bits per heavy atom. The van der Waals surface area contributed by atoms with E-state index in [9.17, 15) is 9.59 Å². The summed E-state index contributed by atoms with van der Waals surface area (Å²) in [6.07, 6.45) is 5.56. The summed E-state index contributed by atoms with van der Waals surface area (Å²) in [7, 11) is 0. The van der Waals surface area contributed by atoms with Gasteiger partial charge >= 0.3 is 0 Å². The fourth-order valence-electron chi connectivity index (χ4n) is 4.75. The first-order valence-corrected chi connectivity index (χ1v) is 11.1. The summed E-state index contributed by atoms with van der Waals surface area (Å²) in [6, 6.07) is 10.5. The fraction of sp³-hybridized carbons (Fsp3) is 0.667. The highest BCUT2D eigenvalue weighted by Gasteiger charge is 2.47. The molecular formula is C24H37N3O2. The lowest BCUT2D eigenvalue weighted by molar-refractivity contribution is -0.145. The Bertz CT molecular complexity index is 698. The average molecular weight is 400 g/mol. The van der Waals surface area contributed by atoms with E-state index in [0.29, 0.717) is 12.3 Å². The molecule has 1 aromatic carbocycles. The Morgan fingerprint density at radius 2 is 1.86 bits per heavy atom. The van der Waals surface area contributed by atoms with E-state index in [0.717, 1.165) is 64.8 Å². The molecule has 0 unspecified atom stereocenters. The number of amides is 2. The molecule has 1 aromatic rings. The van der Waals surface area contributed by atoms with Gasteiger partial charge in [-0.3, -0.25) is 9.59 Å². The van der Waals surface area contributed by atoms with Crippen LogP contribution in [-0.2, 0) is 16.0 Å². The van der Waals surface area contributed by atoms with Crippen molar-refractivity contribution >= 4 is 11.8 Å². The van der Waals surface area contributed by atoms with Crippen LogP contribution in [0.4, 0.5) is 0 Å². The van der Waals surface area contributed by atoms with Gasteiger partial charge in [-0.2, -0.15) is 0 Å². The summed E-state index contributed by atoms with van der Waals surface area (Å²) in [4.78, 5) is 29.8. The minimum atomic E-state index is -0.217. The zero-order chi connectivity index (χ0) is 20.9. The van der Waals surface area contributed by atoms with Gasteiger partial charge in [0.15, 0.2) is 0 Å².